The van der Waals surface area contributed by atoms with Crippen LogP contribution in [0.5, 0.6) is 5.75 Å². The maximum absolute atomic E-state index is 9.91. The highest BCUT2D eigenvalue weighted by atomic mass is 127. The fourth-order valence-electron chi connectivity index (χ4n) is 5.24. The number of rotatable bonds is 2. The Morgan fingerprint density at radius 1 is 1.32 bits per heavy atom. The number of fused-ring (bicyclic) bond motifs is 4. The minimum absolute atomic E-state index is 0. The molecule has 0 radical (unpaired) electrons. The predicted molar refractivity (Wildman–Crippen MR) is 85.4 cm³/mol. The van der Waals surface area contributed by atoms with Crippen LogP contribution in [-0.2, 0) is 11.8 Å². The van der Waals surface area contributed by atoms with Crippen molar-refractivity contribution < 1.29 is 33.6 Å². The molecular weight excluding hydrogens is 385 g/mol. The second-order valence-electron chi connectivity index (χ2n) is 8.40. The molecule has 4 atom stereocenters. The second kappa shape index (κ2) is 5.37. The first-order valence-electron chi connectivity index (χ1n) is 8.59. The third-order valence-electron chi connectivity index (χ3n) is 7.03. The smallest absolute Gasteiger partial charge is 0.115 e. The lowest BCUT2D eigenvalue weighted by Gasteiger charge is -2.58. The number of likely N-dealkylation sites (tertiary alicyclic amines) is 1. The lowest BCUT2D eigenvalue weighted by molar-refractivity contribution is -0.946. The van der Waals surface area contributed by atoms with E-state index in [1.807, 2.05) is 12.1 Å². The SMILES string of the molecule is C[C@H]1[C@H]2Cc3ccc(O)cc3[C@]1(C)CC[N+]2(C)CC1CC1.[I-]. The van der Waals surface area contributed by atoms with Crippen LogP contribution in [0, 0.1) is 11.8 Å². The van der Waals surface area contributed by atoms with Crippen molar-refractivity contribution >= 4 is 0 Å². The van der Waals surface area contributed by atoms with Crippen molar-refractivity contribution in [2.24, 2.45) is 11.8 Å². The van der Waals surface area contributed by atoms with Crippen LogP contribution in [0.25, 0.3) is 0 Å². The number of phenolic OH excluding ortho intramolecular Hbond substituents is 1. The lowest BCUT2D eigenvalue weighted by atomic mass is 9.58. The van der Waals surface area contributed by atoms with E-state index in [-0.39, 0.29) is 29.4 Å². The normalized spacial score (nSPS) is 39.8. The van der Waals surface area contributed by atoms with Gasteiger partial charge in [0, 0.05) is 30.1 Å². The summed E-state index contributed by atoms with van der Waals surface area (Å²) in [5, 5.41) is 9.91. The first kappa shape index (κ1) is 16.6. The van der Waals surface area contributed by atoms with Crippen LogP contribution < -0.4 is 24.0 Å². The zero-order valence-corrected chi connectivity index (χ0v) is 16.1. The molecule has 2 aliphatic carbocycles. The molecule has 22 heavy (non-hydrogen) atoms. The van der Waals surface area contributed by atoms with Gasteiger partial charge in [0.15, 0.2) is 0 Å². The quantitative estimate of drug-likeness (QED) is 0.553. The molecule has 2 nitrogen and oxygen atoms in total. The number of hydrogen-bond acceptors (Lipinski definition) is 1. The Labute approximate surface area is 151 Å². The highest BCUT2D eigenvalue weighted by Crippen LogP contribution is 2.52. The van der Waals surface area contributed by atoms with Gasteiger partial charge < -0.3 is 33.6 Å². The number of likely N-dealkylation sites (N-methyl/N-ethyl adjacent to an activating group) is 1. The lowest BCUT2D eigenvalue weighted by Crippen LogP contribution is -3.00. The standard InChI is InChI=1S/C19H27NO.HI/c1-13-18-10-15-6-7-16(21)11-17(15)19(13,2)8-9-20(18,3)12-14-4-5-14;/h6-7,11,13-14,18H,4-5,8-10,12H2,1-3H3;1H/t13-,18+,19+,20?;/m0./s1. The largest absolute Gasteiger partial charge is 1.00 e. The molecule has 1 N–H and O–H groups in total. The molecule has 1 saturated carbocycles. The van der Waals surface area contributed by atoms with Crippen LogP contribution in [0.1, 0.15) is 44.2 Å². The van der Waals surface area contributed by atoms with Crippen molar-refractivity contribution in [3.8, 4) is 5.75 Å². The monoisotopic (exact) mass is 413 g/mol. The number of benzene rings is 1. The van der Waals surface area contributed by atoms with Crippen molar-refractivity contribution in [3.05, 3.63) is 29.3 Å². The summed E-state index contributed by atoms with van der Waals surface area (Å²) in [5.41, 5.74) is 3.15. The molecule has 0 aromatic heterocycles. The molecule has 1 heterocycles. The molecule has 1 saturated heterocycles. The van der Waals surface area contributed by atoms with E-state index in [0.717, 1.165) is 12.0 Å². The summed E-state index contributed by atoms with van der Waals surface area (Å²) < 4.78 is 1.28. The van der Waals surface area contributed by atoms with Gasteiger partial charge in [0.25, 0.3) is 0 Å². The number of quaternary nitrogens is 1. The highest BCUT2D eigenvalue weighted by Gasteiger charge is 2.55. The van der Waals surface area contributed by atoms with Gasteiger partial charge in [-0.3, -0.25) is 0 Å². The first-order chi connectivity index (χ1) is 9.92. The number of piperidine rings is 1. The van der Waals surface area contributed by atoms with Crippen LogP contribution in [0.3, 0.4) is 0 Å². The summed E-state index contributed by atoms with van der Waals surface area (Å²) in [6.45, 7) is 7.58. The van der Waals surface area contributed by atoms with Crippen LogP contribution in [-0.4, -0.2) is 35.8 Å². The van der Waals surface area contributed by atoms with Crippen molar-refractivity contribution in [1.82, 2.24) is 0 Å². The molecule has 2 bridgehead atoms. The van der Waals surface area contributed by atoms with E-state index in [0.29, 0.717) is 11.7 Å². The molecule has 122 valence electrons. The van der Waals surface area contributed by atoms with Crippen LogP contribution in [0.4, 0.5) is 0 Å². The summed E-state index contributed by atoms with van der Waals surface area (Å²) in [4.78, 5) is 0. The minimum atomic E-state index is 0. The molecule has 3 aliphatic rings. The Morgan fingerprint density at radius 2 is 2.05 bits per heavy atom. The number of aromatic hydroxyl groups is 1. The van der Waals surface area contributed by atoms with Crippen molar-refractivity contribution in [1.29, 1.82) is 0 Å². The molecule has 1 aromatic rings. The molecule has 3 heteroatoms. The molecule has 1 aliphatic heterocycles. The summed E-state index contributed by atoms with van der Waals surface area (Å²) >= 11 is 0. The van der Waals surface area contributed by atoms with Gasteiger partial charge in [-0.15, -0.1) is 0 Å². The van der Waals surface area contributed by atoms with Crippen molar-refractivity contribution in [2.45, 2.75) is 51.0 Å². The topological polar surface area (TPSA) is 20.2 Å². The van der Waals surface area contributed by atoms with E-state index in [1.54, 1.807) is 0 Å². The molecule has 1 aromatic carbocycles. The maximum atomic E-state index is 9.91. The molecule has 2 fully saturated rings. The van der Waals surface area contributed by atoms with Gasteiger partial charge in [0.2, 0.25) is 0 Å². The van der Waals surface area contributed by atoms with Gasteiger partial charge in [-0.25, -0.2) is 0 Å². The van der Waals surface area contributed by atoms with Crippen molar-refractivity contribution in [2.75, 3.05) is 20.1 Å². The van der Waals surface area contributed by atoms with Crippen molar-refractivity contribution in [3.63, 3.8) is 0 Å². The molecule has 4 rings (SSSR count). The zero-order chi connectivity index (χ0) is 14.8. The minimum Gasteiger partial charge on any atom is -1.00 e. The van der Waals surface area contributed by atoms with E-state index in [9.17, 15) is 5.11 Å². The molecule has 0 amide bonds. The van der Waals surface area contributed by atoms with Crippen LogP contribution in [0.2, 0.25) is 0 Å². The number of hydrogen-bond donors (Lipinski definition) is 1. The van der Waals surface area contributed by atoms with E-state index in [2.05, 4.69) is 27.0 Å². The van der Waals surface area contributed by atoms with Gasteiger partial charge in [-0.2, -0.15) is 0 Å². The second-order valence-corrected chi connectivity index (χ2v) is 8.40. The van der Waals surface area contributed by atoms with E-state index >= 15 is 0 Å². The molecule has 1 unspecified atom stereocenters. The Morgan fingerprint density at radius 3 is 2.73 bits per heavy atom. The summed E-state index contributed by atoms with van der Waals surface area (Å²) in [6.07, 6.45) is 5.35. The Balaban J connectivity index is 0.00000144. The van der Waals surface area contributed by atoms with Crippen LogP contribution in [0.15, 0.2) is 18.2 Å². The zero-order valence-electron chi connectivity index (χ0n) is 14.0. The maximum Gasteiger partial charge on any atom is 0.115 e. The number of phenols is 1. The summed E-state index contributed by atoms with van der Waals surface area (Å²) in [5.74, 6) is 2.12. The summed E-state index contributed by atoms with van der Waals surface area (Å²) in [6, 6.07) is 6.84. The Kier molecular flexibility index (Phi) is 4.04. The Bertz CT molecular complexity index is 585. The van der Waals surface area contributed by atoms with E-state index in [1.165, 1.54) is 54.4 Å². The molecular formula is C19H28INO. The third kappa shape index (κ3) is 2.39. The fraction of sp³-hybridized carbons (Fsp3) is 0.684. The average Bonchev–Trinajstić information content (AvgIpc) is 3.24. The average molecular weight is 413 g/mol. The van der Waals surface area contributed by atoms with Gasteiger partial charge in [-0.1, -0.05) is 19.9 Å². The van der Waals surface area contributed by atoms with E-state index in [4.69, 9.17) is 0 Å². The fourth-order valence-corrected chi connectivity index (χ4v) is 5.24. The van der Waals surface area contributed by atoms with E-state index < -0.39 is 0 Å². The molecule has 0 spiro atoms. The Hall–Kier alpha value is -0.290. The number of halogens is 1. The summed E-state index contributed by atoms with van der Waals surface area (Å²) in [7, 11) is 2.50. The van der Waals surface area contributed by atoms with Crippen LogP contribution >= 0.6 is 0 Å². The van der Waals surface area contributed by atoms with Gasteiger partial charge in [0.1, 0.15) is 5.75 Å². The predicted octanol–water partition coefficient (Wildman–Crippen LogP) is 0.475. The van der Waals surface area contributed by atoms with Gasteiger partial charge in [0.05, 0.1) is 26.2 Å². The third-order valence-corrected chi connectivity index (χ3v) is 7.03. The van der Waals surface area contributed by atoms with Gasteiger partial charge >= 0.3 is 0 Å². The van der Waals surface area contributed by atoms with Gasteiger partial charge in [-0.05, 0) is 36.1 Å². The first-order valence-corrected chi connectivity index (χ1v) is 8.59. The highest BCUT2D eigenvalue weighted by molar-refractivity contribution is 5.43. The number of nitrogens with zero attached hydrogens (tertiary/aromatic N) is 1.